The first-order chi connectivity index (χ1) is 18.9. The van der Waals surface area contributed by atoms with Crippen molar-refractivity contribution in [3.8, 4) is 0 Å². The number of carboxylic acids is 2. The molecule has 0 saturated heterocycles. The van der Waals surface area contributed by atoms with Gasteiger partial charge in [-0.15, -0.1) is 0 Å². The molecular weight excluding hydrogens is 488 g/mol. The van der Waals surface area contributed by atoms with E-state index in [0.29, 0.717) is 12.8 Å². The Balaban J connectivity index is 0. The molecule has 0 fully saturated rings. The van der Waals surface area contributed by atoms with Gasteiger partial charge in [-0.05, 0) is 51.4 Å². The minimum Gasteiger partial charge on any atom is -0.481 e. The van der Waals surface area contributed by atoms with Crippen molar-refractivity contribution in [3.05, 3.63) is 12.2 Å². The third-order valence-corrected chi connectivity index (χ3v) is 7.22. The normalized spacial score (nSPS) is 11.9. The van der Waals surface area contributed by atoms with E-state index in [1.165, 1.54) is 109 Å². The van der Waals surface area contributed by atoms with E-state index in [1.54, 1.807) is 0 Å². The van der Waals surface area contributed by atoms with Crippen LogP contribution >= 0.6 is 0 Å². The molecule has 0 aliphatic heterocycles. The maximum atomic E-state index is 10.3. The Morgan fingerprint density at radius 2 is 0.795 bits per heavy atom. The molecule has 5 nitrogen and oxygen atoms in total. The van der Waals surface area contributed by atoms with E-state index < -0.39 is 11.9 Å². The van der Waals surface area contributed by atoms with Crippen molar-refractivity contribution in [2.24, 2.45) is 0 Å². The molecule has 0 aliphatic carbocycles. The number of carbonyl (C=O) groups is 2. The molecule has 0 amide bonds. The third-order valence-electron chi connectivity index (χ3n) is 7.22. The Morgan fingerprint density at radius 3 is 1.18 bits per heavy atom. The monoisotopic (exact) mass is 554 g/mol. The molecule has 0 saturated carbocycles. The Labute approximate surface area is 242 Å². The minimum absolute atomic E-state index is 0.0853. The maximum absolute atomic E-state index is 10.3. The Morgan fingerprint density at radius 1 is 0.487 bits per heavy atom. The lowest BCUT2D eigenvalue weighted by molar-refractivity contribution is -0.138. The Kier molecular flexibility index (Phi) is 35.4. The molecule has 0 spiro atoms. The summed E-state index contributed by atoms with van der Waals surface area (Å²) in [6.07, 6.45) is 34.6. The summed E-state index contributed by atoms with van der Waals surface area (Å²) in [5, 5.41) is 26.8. The van der Waals surface area contributed by atoms with Crippen LogP contribution in [0.2, 0.25) is 0 Å². The van der Waals surface area contributed by atoms with Crippen LogP contribution in [0.4, 0.5) is 0 Å². The van der Waals surface area contributed by atoms with Crippen LogP contribution in [0.25, 0.3) is 0 Å². The number of carboxylic acid groups (broad SMARTS) is 2. The quantitative estimate of drug-likeness (QED) is 0.0631. The molecular formula is C34H66O5. The average Bonchev–Trinajstić information content (AvgIpc) is 2.90. The number of aliphatic carboxylic acids is 2. The highest BCUT2D eigenvalue weighted by molar-refractivity contribution is 5.66. The van der Waals surface area contributed by atoms with Gasteiger partial charge in [0.25, 0.3) is 0 Å². The molecule has 0 aliphatic rings. The number of aliphatic hydroxyl groups is 1. The molecule has 232 valence electrons. The number of rotatable bonds is 29. The van der Waals surface area contributed by atoms with Gasteiger partial charge in [0, 0.05) is 12.8 Å². The fourth-order valence-electron chi connectivity index (χ4n) is 4.66. The molecule has 0 aromatic rings. The summed E-state index contributed by atoms with van der Waals surface area (Å²) in [4.78, 5) is 20.6. The van der Waals surface area contributed by atoms with E-state index in [0.717, 1.165) is 51.4 Å². The second-order valence-corrected chi connectivity index (χ2v) is 11.3. The summed E-state index contributed by atoms with van der Waals surface area (Å²) in [5.74, 6) is -1.34. The summed E-state index contributed by atoms with van der Waals surface area (Å²) < 4.78 is 0. The van der Waals surface area contributed by atoms with Crippen molar-refractivity contribution in [2.45, 2.75) is 193 Å². The van der Waals surface area contributed by atoms with Gasteiger partial charge in [-0.3, -0.25) is 9.59 Å². The molecule has 0 aromatic heterocycles. The van der Waals surface area contributed by atoms with Crippen molar-refractivity contribution < 1.29 is 24.9 Å². The first kappa shape index (κ1) is 39.8. The van der Waals surface area contributed by atoms with Gasteiger partial charge in [0.2, 0.25) is 0 Å². The summed E-state index contributed by atoms with van der Waals surface area (Å²) in [6.45, 7) is 4.45. The first-order valence-electron chi connectivity index (χ1n) is 16.7. The number of hydrogen-bond donors (Lipinski definition) is 3. The molecule has 3 N–H and O–H groups in total. The number of unbranched alkanes of at least 4 members (excludes halogenated alkanes) is 19. The molecule has 0 radical (unpaired) electrons. The lowest BCUT2D eigenvalue weighted by atomic mass is 10.0. The highest BCUT2D eigenvalue weighted by Crippen LogP contribution is 2.14. The van der Waals surface area contributed by atoms with Crippen molar-refractivity contribution >= 4 is 11.9 Å². The second-order valence-electron chi connectivity index (χ2n) is 11.3. The maximum Gasteiger partial charge on any atom is 0.303 e. The second kappa shape index (κ2) is 34.7. The van der Waals surface area contributed by atoms with Crippen molar-refractivity contribution in [2.75, 3.05) is 0 Å². The summed E-state index contributed by atoms with van der Waals surface area (Å²) >= 11 is 0. The standard InChI is InChI=1S/C18H36O3.C16H30O2/c1-2-3-4-11-14-17(19)15-12-9-7-5-6-8-10-13-16-18(20)21;1-2-3-4-5-6-7-8-9-10-11-12-13-14-15-16(17)18/h17,19H,2-16H2,1H3,(H,20,21);7-8H,2-6,9-15H2,1H3,(H,17,18)/b;8-7-. The van der Waals surface area contributed by atoms with Crippen LogP contribution in [0.3, 0.4) is 0 Å². The van der Waals surface area contributed by atoms with Gasteiger partial charge in [-0.25, -0.2) is 0 Å². The van der Waals surface area contributed by atoms with Crippen LogP contribution in [-0.2, 0) is 9.59 Å². The summed E-state index contributed by atoms with van der Waals surface area (Å²) in [7, 11) is 0. The largest absolute Gasteiger partial charge is 0.481 e. The van der Waals surface area contributed by atoms with Crippen molar-refractivity contribution in [1.29, 1.82) is 0 Å². The van der Waals surface area contributed by atoms with E-state index in [1.807, 2.05) is 0 Å². The van der Waals surface area contributed by atoms with Gasteiger partial charge in [-0.2, -0.15) is 0 Å². The molecule has 39 heavy (non-hydrogen) atoms. The summed E-state index contributed by atoms with van der Waals surface area (Å²) in [6, 6.07) is 0. The predicted octanol–water partition coefficient (Wildman–Crippen LogP) is 10.6. The van der Waals surface area contributed by atoms with Crippen LogP contribution in [0.5, 0.6) is 0 Å². The molecule has 1 unspecified atom stereocenters. The smallest absolute Gasteiger partial charge is 0.303 e. The third kappa shape index (κ3) is 41.3. The molecule has 0 bridgehead atoms. The van der Waals surface area contributed by atoms with Crippen LogP contribution in [-0.4, -0.2) is 33.4 Å². The van der Waals surface area contributed by atoms with Crippen LogP contribution < -0.4 is 0 Å². The zero-order chi connectivity index (χ0) is 29.2. The van der Waals surface area contributed by atoms with Crippen LogP contribution in [0, 0.1) is 0 Å². The zero-order valence-electron chi connectivity index (χ0n) is 26.0. The SMILES string of the molecule is CCCCCC/C=C\CCCCCCCC(=O)O.CCCCCCC(O)CCCCCCCCCCC(=O)O. The van der Waals surface area contributed by atoms with E-state index in [4.69, 9.17) is 10.2 Å². The number of allylic oxidation sites excluding steroid dienone is 2. The van der Waals surface area contributed by atoms with E-state index in [9.17, 15) is 14.7 Å². The van der Waals surface area contributed by atoms with E-state index in [-0.39, 0.29) is 6.10 Å². The van der Waals surface area contributed by atoms with Gasteiger partial charge in [-0.1, -0.05) is 135 Å². The van der Waals surface area contributed by atoms with Crippen molar-refractivity contribution in [1.82, 2.24) is 0 Å². The molecule has 0 aromatic carbocycles. The summed E-state index contributed by atoms with van der Waals surface area (Å²) in [5.41, 5.74) is 0. The molecule has 0 rings (SSSR count). The fraction of sp³-hybridized carbons (Fsp3) is 0.882. The molecule has 1 atom stereocenters. The van der Waals surface area contributed by atoms with Gasteiger partial charge in [0.1, 0.15) is 0 Å². The highest BCUT2D eigenvalue weighted by atomic mass is 16.4. The van der Waals surface area contributed by atoms with Gasteiger partial charge in [0.15, 0.2) is 0 Å². The fourth-order valence-corrected chi connectivity index (χ4v) is 4.66. The predicted molar refractivity (Wildman–Crippen MR) is 166 cm³/mol. The molecule has 0 heterocycles. The number of hydrogen-bond acceptors (Lipinski definition) is 3. The highest BCUT2D eigenvalue weighted by Gasteiger charge is 2.03. The van der Waals surface area contributed by atoms with Gasteiger partial charge >= 0.3 is 11.9 Å². The molecule has 5 heteroatoms. The van der Waals surface area contributed by atoms with Crippen LogP contribution in [0.15, 0.2) is 12.2 Å². The number of aliphatic hydroxyl groups excluding tert-OH is 1. The lowest BCUT2D eigenvalue weighted by Gasteiger charge is -2.10. The van der Waals surface area contributed by atoms with Crippen LogP contribution in [0.1, 0.15) is 187 Å². The van der Waals surface area contributed by atoms with E-state index >= 15 is 0 Å². The van der Waals surface area contributed by atoms with Gasteiger partial charge < -0.3 is 15.3 Å². The van der Waals surface area contributed by atoms with Gasteiger partial charge in [0.05, 0.1) is 6.10 Å². The average molecular weight is 555 g/mol. The topological polar surface area (TPSA) is 94.8 Å². The Hall–Kier alpha value is -1.36. The Bertz CT molecular complexity index is 532. The van der Waals surface area contributed by atoms with E-state index in [2.05, 4.69) is 26.0 Å². The lowest BCUT2D eigenvalue weighted by Crippen LogP contribution is -2.05. The zero-order valence-corrected chi connectivity index (χ0v) is 26.0. The van der Waals surface area contributed by atoms with Crippen molar-refractivity contribution in [3.63, 3.8) is 0 Å². The minimum atomic E-state index is -0.678. The first-order valence-corrected chi connectivity index (χ1v) is 16.7.